The minimum atomic E-state index is -1.02. The number of guanidine groups is 1. The first-order valence-electron chi connectivity index (χ1n) is 13.1. The quantitative estimate of drug-likeness (QED) is 0.282. The number of imidazole rings is 1. The summed E-state index contributed by atoms with van der Waals surface area (Å²) in [7, 11) is 0. The van der Waals surface area contributed by atoms with Crippen LogP contribution in [0, 0.1) is 30.2 Å². The lowest BCUT2D eigenvalue weighted by molar-refractivity contribution is 0.0841. The third-order valence-corrected chi connectivity index (χ3v) is 7.19. The maximum Gasteiger partial charge on any atom is 0.283 e. The Balaban J connectivity index is 1.54. The van der Waals surface area contributed by atoms with Crippen LogP contribution in [0.25, 0.3) is 22.6 Å². The number of hydrogen-bond donors (Lipinski definition) is 0. The van der Waals surface area contributed by atoms with Crippen LogP contribution in [0.4, 0.5) is 23.4 Å². The number of pyridine rings is 1. The van der Waals surface area contributed by atoms with Crippen molar-refractivity contribution in [3.63, 3.8) is 0 Å². The van der Waals surface area contributed by atoms with Crippen molar-refractivity contribution in [1.29, 1.82) is 0 Å². The summed E-state index contributed by atoms with van der Waals surface area (Å²) in [5.41, 5.74) is 0.761. The molecule has 0 atom stereocenters. The smallest absolute Gasteiger partial charge is 0.283 e. The Kier molecular flexibility index (Phi) is 6.20. The van der Waals surface area contributed by atoms with Crippen molar-refractivity contribution in [2.45, 2.75) is 39.8 Å². The Morgan fingerprint density at radius 2 is 1.71 bits per heavy atom. The molecule has 0 unspecified atom stereocenters. The van der Waals surface area contributed by atoms with Crippen LogP contribution in [0.5, 0.6) is 0 Å². The molecule has 2 aliphatic rings. The van der Waals surface area contributed by atoms with E-state index in [1.807, 2.05) is 25.7 Å². The minimum Gasteiger partial charge on any atom is -0.305 e. The highest BCUT2D eigenvalue weighted by atomic mass is 19.2. The average Bonchev–Trinajstić information content (AvgIpc) is 3.44. The van der Waals surface area contributed by atoms with E-state index in [1.54, 1.807) is 17.6 Å². The van der Waals surface area contributed by atoms with Crippen LogP contribution in [0.3, 0.4) is 0 Å². The zero-order valence-corrected chi connectivity index (χ0v) is 22.8. The number of amides is 1. The van der Waals surface area contributed by atoms with E-state index in [9.17, 15) is 18.0 Å². The van der Waals surface area contributed by atoms with Crippen molar-refractivity contribution >= 4 is 17.7 Å². The van der Waals surface area contributed by atoms with Crippen molar-refractivity contribution in [3.05, 3.63) is 88.8 Å². The third-order valence-electron chi connectivity index (χ3n) is 7.19. The molecule has 7 nitrogen and oxygen atoms in total. The maximum absolute atomic E-state index is 15.5. The van der Waals surface area contributed by atoms with Crippen LogP contribution in [0.1, 0.15) is 42.4 Å². The molecule has 0 saturated heterocycles. The number of aryl methyl sites for hydroxylation is 1. The molecule has 0 spiro atoms. The summed E-state index contributed by atoms with van der Waals surface area (Å²) < 4.78 is 59.7. The van der Waals surface area contributed by atoms with Crippen LogP contribution in [0.15, 0.2) is 53.7 Å². The number of hydrogen-bond acceptors (Lipinski definition) is 5. The summed E-state index contributed by atoms with van der Waals surface area (Å²) in [5, 5.41) is 0. The van der Waals surface area contributed by atoms with Gasteiger partial charge in [-0.05, 0) is 69.2 Å². The second-order valence-electron chi connectivity index (χ2n) is 10.8. The number of halogens is 4. The van der Waals surface area contributed by atoms with E-state index in [1.165, 1.54) is 35.4 Å². The molecule has 0 N–H and O–H groups in total. The Bertz CT molecular complexity index is 1760. The van der Waals surface area contributed by atoms with E-state index in [0.29, 0.717) is 36.0 Å². The van der Waals surface area contributed by atoms with Gasteiger partial charge in [-0.1, -0.05) is 12.1 Å². The van der Waals surface area contributed by atoms with Crippen LogP contribution in [-0.4, -0.2) is 49.9 Å². The van der Waals surface area contributed by atoms with E-state index in [0.717, 1.165) is 12.1 Å². The topological polar surface area (TPSA) is 66.6 Å². The molecule has 0 bridgehead atoms. The number of nitrogens with zero attached hydrogens (tertiary/aromatic N) is 6. The van der Waals surface area contributed by atoms with Crippen LogP contribution in [-0.2, 0) is 6.54 Å². The zero-order valence-electron chi connectivity index (χ0n) is 22.8. The Morgan fingerprint density at radius 1 is 0.927 bits per heavy atom. The Labute approximate surface area is 233 Å². The van der Waals surface area contributed by atoms with Crippen LogP contribution in [0.2, 0.25) is 0 Å². The largest absolute Gasteiger partial charge is 0.305 e. The zero-order chi connectivity index (χ0) is 29.2. The molecule has 4 heterocycles. The molecule has 1 amide bonds. The van der Waals surface area contributed by atoms with Gasteiger partial charge < -0.3 is 4.57 Å². The molecule has 4 aromatic rings. The number of carbonyl (C=O) groups is 1. The highest BCUT2D eigenvalue weighted by molar-refractivity contribution is 6.18. The van der Waals surface area contributed by atoms with Gasteiger partial charge in [0.25, 0.3) is 5.91 Å². The van der Waals surface area contributed by atoms with E-state index in [2.05, 4.69) is 9.97 Å². The second-order valence-corrected chi connectivity index (χ2v) is 10.8. The molecule has 0 fully saturated rings. The van der Waals surface area contributed by atoms with Gasteiger partial charge in [0.2, 0.25) is 5.96 Å². The van der Waals surface area contributed by atoms with Gasteiger partial charge >= 0.3 is 0 Å². The molecular formula is C30H26F4N6O. The molecular weight excluding hydrogens is 536 g/mol. The highest BCUT2D eigenvalue weighted by Gasteiger charge is 2.45. The molecule has 41 heavy (non-hydrogen) atoms. The summed E-state index contributed by atoms with van der Waals surface area (Å²) >= 11 is 0. The summed E-state index contributed by atoms with van der Waals surface area (Å²) in [6, 6.07) is 9.14. The number of aliphatic imine (C=N–C) groups is 1. The van der Waals surface area contributed by atoms with E-state index in [4.69, 9.17) is 4.99 Å². The molecule has 2 aromatic heterocycles. The van der Waals surface area contributed by atoms with Gasteiger partial charge in [-0.2, -0.15) is 0 Å². The fourth-order valence-electron chi connectivity index (χ4n) is 5.33. The molecule has 0 radical (unpaired) electrons. The average molecular weight is 563 g/mol. The number of anilines is 1. The standard InChI is InChI=1S/C30H26F4N6O/c1-5-38-28(41)25-27(40-15-30(3,4)37-29(38)40)39(14-17-7-9-20(31)22(33)11-17)26(36-25)18-12-23(34)24(35-13-18)19-8-6-16(2)10-21(19)32/h6-13H,5,14-15H2,1-4H3. The van der Waals surface area contributed by atoms with Crippen molar-refractivity contribution in [3.8, 4) is 22.6 Å². The first kappa shape index (κ1) is 26.7. The van der Waals surface area contributed by atoms with Gasteiger partial charge in [0.15, 0.2) is 17.3 Å². The number of fused-ring (bicyclic) bond motifs is 3. The van der Waals surface area contributed by atoms with Crippen molar-refractivity contribution in [1.82, 2.24) is 19.4 Å². The van der Waals surface area contributed by atoms with Gasteiger partial charge in [0, 0.05) is 23.9 Å². The van der Waals surface area contributed by atoms with E-state index >= 15 is 4.39 Å². The van der Waals surface area contributed by atoms with Gasteiger partial charge in [0.05, 0.1) is 18.6 Å². The third kappa shape index (κ3) is 4.45. The van der Waals surface area contributed by atoms with E-state index in [-0.39, 0.29) is 40.8 Å². The molecule has 0 saturated carbocycles. The van der Waals surface area contributed by atoms with Gasteiger partial charge in [0.1, 0.15) is 29.0 Å². The SMILES string of the molecule is CCN1C(=O)c2nc(-c3cnc(-c4ccc(C)cc4F)c(F)c3)n(Cc3ccc(F)c(F)c3)c2N2CC(C)(C)N=C12. The summed E-state index contributed by atoms with van der Waals surface area (Å²) in [5.74, 6) is -2.71. The summed E-state index contributed by atoms with van der Waals surface area (Å²) in [4.78, 5) is 30.7. The number of aromatic nitrogens is 3. The molecule has 6 rings (SSSR count). The van der Waals surface area contributed by atoms with Crippen molar-refractivity contribution in [2.75, 3.05) is 18.0 Å². The number of carbonyl (C=O) groups excluding carboxylic acids is 1. The molecule has 2 aromatic carbocycles. The fourth-order valence-corrected chi connectivity index (χ4v) is 5.33. The lowest BCUT2D eigenvalue weighted by Gasteiger charge is -2.34. The monoisotopic (exact) mass is 562 g/mol. The normalized spacial score (nSPS) is 15.7. The Morgan fingerprint density at radius 3 is 2.39 bits per heavy atom. The van der Waals surface area contributed by atoms with Crippen molar-refractivity contribution in [2.24, 2.45) is 4.99 Å². The van der Waals surface area contributed by atoms with E-state index < -0.39 is 28.8 Å². The first-order chi connectivity index (χ1) is 19.5. The van der Waals surface area contributed by atoms with Gasteiger partial charge in [-0.3, -0.25) is 19.6 Å². The van der Waals surface area contributed by atoms with Gasteiger partial charge in [-0.15, -0.1) is 0 Å². The maximum atomic E-state index is 15.5. The number of benzene rings is 2. The molecule has 210 valence electrons. The molecule has 11 heteroatoms. The first-order valence-corrected chi connectivity index (χ1v) is 13.1. The summed E-state index contributed by atoms with van der Waals surface area (Å²) in [6.45, 7) is 8.21. The second kappa shape index (κ2) is 9.53. The predicted molar refractivity (Wildman–Crippen MR) is 147 cm³/mol. The lowest BCUT2D eigenvalue weighted by Crippen LogP contribution is -2.51. The lowest BCUT2D eigenvalue weighted by atomic mass is 10.1. The predicted octanol–water partition coefficient (Wildman–Crippen LogP) is 5.96. The summed E-state index contributed by atoms with van der Waals surface area (Å²) in [6.07, 6.45) is 1.36. The minimum absolute atomic E-state index is 0.00551. The number of rotatable bonds is 5. The van der Waals surface area contributed by atoms with Crippen LogP contribution < -0.4 is 4.90 Å². The highest BCUT2D eigenvalue weighted by Crippen LogP contribution is 2.39. The molecule has 2 aliphatic heterocycles. The fraction of sp³-hybridized carbons (Fsp3) is 0.267. The Hall–Kier alpha value is -4.54. The van der Waals surface area contributed by atoms with Gasteiger partial charge in [-0.25, -0.2) is 27.5 Å². The van der Waals surface area contributed by atoms with Crippen molar-refractivity contribution < 1.29 is 22.4 Å². The van der Waals surface area contributed by atoms with Crippen LogP contribution >= 0.6 is 0 Å². The molecule has 0 aliphatic carbocycles.